The normalized spacial score (nSPS) is 12.5. The number of hydrogen-bond acceptors (Lipinski definition) is 4. The molecule has 0 aliphatic rings. The molecule has 0 saturated heterocycles. The van der Waals surface area contributed by atoms with E-state index in [4.69, 9.17) is 5.73 Å². The highest BCUT2D eigenvalue weighted by atomic mass is 14.8. The van der Waals surface area contributed by atoms with Crippen LogP contribution in [0.1, 0.15) is 17.3 Å². The molecule has 3 aromatic rings. The van der Waals surface area contributed by atoms with E-state index in [0.29, 0.717) is 0 Å². The summed E-state index contributed by atoms with van der Waals surface area (Å²) in [5.74, 6) is 0. The molecule has 0 bridgehead atoms. The molecule has 0 fully saturated rings. The van der Waals surface area contributed by atoms with Crippen molar-refractivity contribution < 1.29 is 0 Å². The van der Waals surface area contributed by atoms with Crippen LogP contribution in [0.2, 0.25) is 0 Å². The minimum absolute atomic E-state index is 0.238. The number of aromatic nitrogens is 3. The van der Waals surface area contributed by atoms with Crippen LogP contribution in [-0.2, 0) is 0 Å². The molecule has 0 saturated carbocycles. The number of pyridine rings is 1. The molecule has 1 unspecified atom stereocenters. The molecular weight excluding hydrogens is 224 g/mol. The number of rotatable bonds is 2. The summed E-state index contributed by atoms with van der Waals surface area (Å²) in [7, 11) is 0. The lowest BCUT2D eigenvalue weighted by molar-refractivity contribution is 0.821. The number of benzene rings is 1. The molecule has 2 N–H and O–H groups in total. The molecule has 3 rings (SSSR count). The summed E-state index contributed by atoms with van der Waals surface area (Å²) in [6, 6.07) is 11.6. The van der Waals surface area contributed by atoms with Gasteiger partial charge in [0.05, 0.1) is 17.3 Å². The van der Waals surface area contributed by atoms with Gasteiger partial charge >= 0.3 is 0 Å². The molecule has 1 aromatic carbocycles. The maximum absolute atomic E-state index is 6.20. The molecule has 2 heterocycles. The van der Waals surface area contributed by atoms with Crippen molar-refractivity contribution in [3.8, 4) is 0 Å². The summed E-state index contributed by atoms with van der Waals surface area (Å²) in [6.07, 6.45) is 4.99. The fraction of sp³-hybridized carbons (Fsp3) is 0.0714. The van der Waals surface area contributed by atoms with Crippen LogP contribution in [0.25, 0.3) is 10.9 Å². The number of fused-ring (bicyclic) bond motifs is 1. The maximum atomic E-state index is 6.20. The largest absolute Gasteiger partial charge is 0.319 e. The summed E-state index contributed by atoms with van der Waals surface area (Å²) in [5, 5.41) is 1.08. The first-order valence-corrected chi connectivity index (χ1v) is 5.71. The van der Waals surface area contributed by atoms with Crippen LogP contribution in [0.4, 0.5) is 0 Å². The molecule has 18 heavy (non-hydrogen) atoms. The minimum Gasteiger partial charge on any atom is -0.319 e. The standard InChI is InChI=1S/C14H12N4/c15-14(13-5-7-16-9-18-13)11-3-4-12-10(8-11)2-1-6-17-12/h1-9,14H,15H2. The first-order chi connectivity index (χ1) is 8.84. The third-order valence-electron chi connectivity index (χ3n) is 2.91. The Hall–Kier alpha value is -2.33. The van der Waals surface area contributed by atoms with Gasteiger partial charge < -0.3 is 5.73 Å². The third kappa shape index (κ3) is 1.94. The van der Waals surface area contributed by atoms with Crippen molar-refractivity contribution in [1.82, 2.24) is 15.0 Å². The van der Waals surface area contributed by atoms with E-state index in [9.17, 15) is 0 Å². The Morgan fingerprint density at radius 1 is 1.00 bits per heavy atom. The Bertz CT molecular complexity index is 667. The van der Waals surface area contributed by atoms with Gasteiger partial charge in [0, 0.05) is 17.8 Å². The molecule has 4 nitrogen and oxygen atoms in total. The van der Waals surface area contributed by atoms with E-state index in [-0.39, 0.29) is 6.04 Å². The predicted molar refractivity (Wildman–Crippen MR) is 69.8 cm³/mol. The number of nitrogens with two attached hydrogens (primary N) is 1. The molecule has 1 atom stereocenters. The summed E-state index contributed by atoms with van der Waals surface area (Å²) >= 11 is 0. The summed E-state index contributed by atoms with van der Waals surface area (Å²) in [5.41, 5.74) is 9.00. The van der Waals surface area contributed by atoms with Gasteiger partial charge in [-0.1, -0.05) is 12.1 Å². The molecule has 0 aliphatic heterocycles. The van der Waals surface area contributed by atoms with Crippen molar-refractivity contribution in [2.75, 3.05) is 0 Å². The van der Waals surface area contributed by atoms with E-state index in [1.807, 2.05) is 30.3 Å². The maximum Gasteiger partial charge on any atom is 0.115 e. The Morgan fingerprint density at radius 3 is 2.78 bits per heavy atom. The van der Waals surface area contributed by atoms with Crippen molar-refractivity contribution in [2.24, 2.45) is 5.73 Å². The van der Waals surface area contributed by atoms with Crippen LogP contribution < -0.4 is 5.73 Å². The summed E-state index contributed by atoms with van der Waals surface area (Å²) < 4.78 is 0. The van der Waals surface area contributed by atoms with E-state index in [2.05, 4.69) is 21.0 Å². The molecule has 0 aliphatic carbocycles. The average molecular weight is 236 g/mol. The Morgan fingerprint density at radius 2 is 1.94 bits per heavy atom. The van der Waals surface area contributed by atoms with E-state index >= 15 is 0 Å². The second-order valence-corrected chi connectivity index (χ2v) is 4.07. The number of nitrogens with zero attached hydrogens (tertiary/aromatic N) is 3. The highest BCUT2D eigenvalue weighted by Crippen LogP contribution is 2.21. The van der Waals surface area contributed by atoms with E-state index in [0.717, 1.165) is 22.2 Å². The fourth-order valence-electron chi connectivity index (χ4n) is 1.94. The van der Waals surface area contributed by atoms with Gasteiger partial charge in [-0.2, -0.15) is 0 Å². The molecule has 0 spiro atoms. The van der Waals surface area contributed by atoms with Gasteiger partial charge in [-0.25, -0.2) is 9.97 Å². The van der Waals surface area contributed by atoms with Crippen LogP contribution in [0.3, 0.4) is 0 Å². The molecule has 4 heteroatoms. The van der Waals surface area contributed by atoms with Gasteiger partial charge in [0.1, 0.15) is 6.33 Å². The van der Waals surface area contributed by atoms with Gasteiger partial charge in [0.15, 0.2) is 0 Å². The highest BCUT2D eigenvalue weighted by molar-refractivity contribution is 5.79. The van der Waals surface area contributed by atoms with E-state index in [1.54, 1.807) is 12.4 Å². The van der Waals surface area contributed by atoms with E-state index < -0.39 is 0 Å². The third-order valence-corrected chi connectivity index (χ3v) is 2.91. The Balaban J connectivity index is 2.04. The average Bonchev–Trinajstić information content (AvgIpc) is 2.47. The SMILES string of the molecule is NC(c1ccc2ncccc2c1)c1ccncn1. The molecular formula is C14H12N4. The first-order valence-electron chi connectivity index (χ1n) is 5.71. The molecule has 0 radical (unpaired) electrons. The van der Waals surface area contributed by atoms with E-state index in [1.165, 1.54) is 6.33 Å². The summed E-state index contributed by atoms with van der Waals surface area (Å²) in [4.78, 5) is 12.4. The van der Waals surface area contributed by atoms with Crippen LogP contribution in [-0.4, -0.2) is 15.0 Å². The molecule has 2 aromatic heterocycles. The van der Waals surface area contributed by atoms with Crippen molar-refractivity contribution in [3.05, 3.63) is 66.4 Å². The lowest BCUT2D eigenvalue weighted by Gasteiger charge is -2.11. The van der Waals surface area contributed by atoms with Gasteiger partial charge in [-0.15, -0.1) is 0 Å². The van der Waals surface area contributed by atoms with Gasteiger partial charge in [0.25, 0.3) is 0 Å². The van der Waals surface area contributed by atoms with Crippen LogP contribution in [0.15, 0.2) is 55.1 Å². The fourth-order valence-corrected chi connectivity index (χ4v) is 1.94. The zero-order chi connectivity index (χ0) is 12.4. The van der Waals surface area contributed by atoms with Gasteiger partial charge in [0.2, 0.25) is 0 Å². The zero-order valence-electron chi connectivity index (χ0n) is 9.69. The minimum atomic E-state index is -0.238. The Kier molecular flexibility index (Phi) is 2.70. The lowest BCUT2D eigenvalue weighted by Crippen LogP contribution is -2.13. The Labute approximate surface area is 105 Å². The topological polar surface area (TPSA) is 64.7 Å². The van der Waals surface area contributed by atoms with Gasteiger partial charge in [-0.3, -0.25) is 4.98 Å². The number of hydrogen-bond donors (Lipinski definition) is 1. The van der Waals surface area contributed by atoms with Crippen molar-refractivity contribution in [1.29, 1.82) is 0 Å². The van der Waals surface area contributed by atoms with Crippen LogP contribution >= 0.6 is 0 Å². The van der Waals surface area contributed by atoms with Crippen molar-refractivity contribution >= 4 is 10.9 Å². The quantitative estimate of drug-likeness (QED) is 0.739. The van der Waals surface area contributed by atoms with Crippen molar-refractivity contribution in [3.63, 3.8) is 0 Å². The molecule has 0 amide bonds. The zero-order valence-corrected chi connectivity index (χ0v) is 9.69. The first kappa shape index (κ1) is 10.8. The second-order valence-electron chi connectivity index (χ2n) is 4.07. The molecule has 88 valence electrons. The van der Waals surface area contributed by atoms with Crippen molar-refractivity contribution in [2.45, 2.75) is 6.04 Å². The van der Waals surface area contributed by atoms with Gasteiger partial charge in [-0.05, 0) is 29.8 Å². The summed E-state index contributed by atoms with van der Waals surface area (Å²) in [6.45, 7) is 0. The monoisotopic (exact) mass is 236 g/mol. The van der Waals surface area contributed by atoms with Crippen LogP contribution in [0, 0.1) is 0 Å². The smallest absolute Gasteiger partial charge is 0.115 e. The van der Waals surface area contributed by atoms with Crippen LogP contribution in [0.5, 0.6) is 0 Å². The lowest BCUT2D eigenvalue weighted by atomic mass is 10.0. The second kappa shape index (κ2) is 4.50. The highest BCUT2D eigenvalue weighted by Gasteiger charge is 2.10. The predicted octanol–water partition coefficient (Wildman–Crippen LogP) is 2.07.